The van der Waals surface area contributed by atoms with E-state index in [9.17, 15) is 32.3 Å². The molecule has 1 saturated carbocycles. The molecule has 0 atom stereocenters. The predicted molar refractivity (Wildman–Crippen MR) is 112 cm³/mol. The van der Waals surface area contributed by atoms with Crippen molar-refractivity contribution >= 4 is 28.2 Å². The Balaban J connectivity index is 1.49. The first-order valence-electron chi connectivity index (χ1n) is 10.5. The Hall–Kier alpha value is -3.70. The van der Waals surface area contributed by atoms with Crippen molar-refractivity contribution in [1.82, 2.24) is 9.55 Å². The van der Waals surface area contributed by atoms with Gasteiger partial charge in [-0.3, -0.25) is 4.79 Å². The molecule has 1 aromatic carbocycles. The number of benzene rings is 1. The highest BCUT2D eigenvalue weighted by atomic mass is 19.2. The molecule has 7 nitrogen and oxygen atoms in total. The van der Waals surface area contributed by atoms with Crippen LogP contribution in [0.2, 0.25) is 0 Å². The third-order valence-electron chi connectivity index (χ3n) is 6.18. The number of rotatable bonds is 4. The van der Waals surface area contributed by atoms with E-state index in [1.807, 2.05) is 0 Å². The van der Waals surface area contributed by atoms with Gasteiger partial charge in [-0.2, -0.15) is 22.5 Å². The molecule has 1 saturated heterocycles. The molecular weight excluding hydrogens is 463 g/mol. The molecule has 1 N–H and O–H groups in total. The molecule has 34 heavy (non-hydrogen) atoms. The average molecular weight is 480 g/mol. The summed E-state index contributed by atoms with van der Waals surface area (Å²) in [6.45, 7) is -0.00926. The van der Waals surface area contributed by atoms with Gasteiger partial charge in [0.1, 0.15) is 17.1 Å². The summed E-state index contributed by atoms with van der Waals surface area (Å²) in [6, 6.07) is 2.45. The summed E-state index contributed by atoms with van der Waals surface area (Å²) in [7, 11) is 0. The summed E-state index contributed by atoms with van der Waals surface area (Å²) in [4.78, 5) is 29.3. The van der Waals surface area contributed by atoms with Crippen LogP contribution in [-0.4, -0.2) is 46.8 Å². The minimum absolute atomic E-state index is 0.00112. The van der Waals surface area contributed by atoms with Gasteiger partial charge in [0.15, 0.2) is 0 Å². The summed E-state index contributed by atoms with van der Waals surface area (Å²) in [6.07, 6.45) is 2.85. The minimum atomic E-state index is -1.75. The molecule has 0 radical (unpaired) electrons. The first-order valence-corrected chi connectivity index (χ1v) is 10.5. The number of nitrogens with zero attached hydrogens (tertiary/aromatic N) is 4. The van der Waals surface area contributed by atoms with Crippen LogP contribution in [-0.2, 0) is 0 Å². The van der Waals surface area contributed by atoms with E-state index in [-0.39, 0.29) is 43.3 Å². The van der Waals surface area contributed by atoms with Crippen molar-refractivity contribution in [3.05, 3.63) is 63.5 Å². The van der Waals surface area contributed by atoms with Crippen molar-refractivity contribution in [3.63, 3.8) is 0 Å². The van der Waals surface area contributed by atoms with Gasteiger partial charge in [0, 0.05) is 43.8 Å². The fourth-order valence-corrected chi connectivity index (χ4v) is 4.33. The van der Waals surface area contributed by atoms with E-state index < -0.39 is 52.0 Å². The fourth-order valence-electron chi connectivity index (χ4n) is 4.33. The summed E-state index contributed by atoms with van der Waals surface area (Å²) in [5.41, 5.74) is -1.60. The number of halogens is 5. The smallest absolute Gasteiger partial charge is 0.341 e. The number of fused-ring (bicyclic) bond motifs is 1. The summed E-state index contributed by atoms with van der Waals surface area (Å²) in [5, 5.41) is 9.29. The van der Waals surface area contributed by atoms with Gasteiger partial charge < -0.3 is 19.5 Å². The molecule has 2 aliphatic rings. The van der Waals surface area contributed by atoms with Gasteiger partial charge in [-0.25, -0.2) is 9.18 Å². The standard InChI is InChI=1S/C22H17F5N4O3/c23-13-7-11-14(31(10-1-2-10)9-12(19(11)32)22(33)34)8-15(13)29-3-5-30(6-4-29)18-16(24)20(26)28-21(27)17(18)25/h7-10H,1-6H2,(H,33,34). The van der Waals surface area contributed by atoms with Gasteiger partial charge in [0.25, 0.3) is 11.9 Å². The van der Waals surface area contributed by atoms with Crippen molar-refractivity contribution in [3.8, 4) is 0 Å². The molecular formula is C22H17F5N4O3. The van der Waals surface area contributed by atoms with Crippen LogP contribution in [0.4, 0.5) is 33.3 Å². The number of carbonyl (C=O) groups is 1. The molecule has 178 valence electrons. The second-order valence-corrected chi connectivity index (χ2v) is 8.28. The molecule has 2 aromatic heterocycles. The number of hydrogen-bond acceptors (Lipinski definition) is 5. The van der Waals surface area contributed by atoms with E-state index in [1.54, 1.807) is 9.47 Å². The van der Waals surface area contributed by atoms with Crippen LogP contribution in [0.3, 0.4) is 0 Å². The first kappa shape index (κ1) is 22.1. The van der Waals surface area contributed by atoms with Crippen LogP contribution in [0, 0.1) is 29.3 Å². The molecule has 3 heterocycles. The Labute approximate surface area is 188 Å². The lowest BCUT2D eigenvalue weighted by Crippen LogP contribution is -2.47. The van der Waals surface area contributed by atoms with E-state index in [0.29, 0.717) is 5.52 Å². The van der Waals surface area contributed by atoms with Crippen molar-refractivity contribution in [1.29, 1.82) is 0 Å². The molecule has 1 aliphatic carbocycles. The molecule has 12 heteroatoms. The third kappa shape index (κ3) is 3.53. The summed E-state index contributed by atoms with van der Waals surface area (Å²) in [5.74, 6) is -8.88. The van der Waals surface area contributed by atoms with Gasteiger partial charge in [-0.1, -0.05) is 0 Å². The van der Waals surface area contributed by atoms with E-state index in [4.69, 9.17) is 0 Å². The quantitative estimate of drug-likeness (QED) is 0.455. The van der Waals surface area contributed by atoms with Crippen molar-refractivity contribution in [2.45, 2.75) is 18.9 Å². The monoisotopic (exact) mass is 480 g/mol. The SMILES string of the molecule is O=C(O)c1cn(C2CC2)c2cc(N3CCN(c4c(F)c(F)nc(F)c4F)CC3)c(F)cc2c1=O. The number of piperazine rings is 1. The Morgan fingerprint density at radius 1 is 0.941 bits per heavy atom. The van der Waals surface area contributed by atoms with Crippen molar-refractivity contribution < 1.29 is 31.9 Å². The molecule has 3 aromatic rings. The molecule has 2 fully saturated rings. The first-order chi connectivity index (χ1) is 16.2. The largest absolute Gasteiger partial charge is 0.477 e. The zero-order valence-electron chi connectivity index (χ0n) is 17.5. The van der Waals surface area contributed by atoms with E-state index in [0.717, 1.165) is 23.8 Å². The Morgan fingerprint density at radius 2 is 1.53 bits per heavy atom. The van der Waals surface area contributed by atoms with E-state index in [1.165, 1.54) is 12.3 Å². The minimum Gasteiger partial charge on any atom is -0.477 e. The number of aromatic carboxylic acids is 1. The second kappa shape index (κ2) is 7.96. The topological polar surface area (TPSA) is 78.7 Å². The number of carboxylic acids is 1. The van der Waals surface area contributed by atoms with Crippen LogP contribution in [0.25, 0.3) is 10.9 Å². The Kier molecular flexibility index (Phi) is 5.18. The van der Waals surface area contributed by atoms with Gasteiger partial charge in [0.05, 0.1) is 11.2 Å². The van der Waals surface area contributed by atoms with E-state index >= 15 is 4.39 Å². The van der Waals surface area contributed by atoms with E-state index in [2.05, 4.69) is 4.98 Å². The zero-order valence-corrected chi connectivity index (χ0v) is 17.5. The maximum atomic E-state index is 15.0. The van der Waals surface area contributed by atoms with Gasteiger partial charge in [-0.05, 0) is 25.0 Å². The number of pyridine rings is 2. The van der Waals surface area contributed by atoms with Crippen LogP contribution < -0.4 is 15.2 Å². The molecule has 0 amide bonds. The molecule has 0 unspecified atom stereocenters. The number of aromatic nitrogens is 2. The number of carboxylic acid groups (broad SMARTS) is 1. The van der Waals surface area contributed by atoms with Gasteiger partial charge in [0.2, 0.25) is 17.1 Å². The lowest BCUT2D eigenvalue weighted by Gasteiger charge is -2.37. The second-order valence-electron chi connectivity index (χ2n) is 8.28. The van der Waals surface area contributed by atoms with Crippen LogP contribution in [0.15, 0.2) is 23.1 Å². The highest BCUT2D eigenvalue weighted by Gasteiger charge is 2.30. The predicted octanol–water partition coefficient (Wildman–Crippen LogP) is 3.45. The number of hydrogen-bond donors (Lipinski definition) is 1. The molecule has 1 aliphatic heterocycles. The lowest BCUT2D eigenvalue weighted by molar-refractivity contribution is 0.0695. The number of anilines is 2. The van der Waals surface area contributed by atoms with Crippen LogP contribution in [0.5, 0.6) is 0 Å². The zero-order chi connectivity index (χ0) is 24.3. The highest BCUT2D eigenvalue weighted by Crippen LogP contribution is 2.38. The normalized spacial score (nSPS) is 16.4. The average Bonchev–Trinajstić information content (AvgIpc) is 3.64. The van der Waals surface area contributed by atoms with Crippen molar-refractivity contribution in [2.24, 2.45) is 0 Å². The molecule has 5 rings (SSSR count). The maximum Gasteiger partial charge on any atom is 0.341 e. The Morgan fingerprint density at radius 3 is 2.09 bits per heavy atom. The summed E-state index contributed by atoms with van der Waals surface area (Å²) < 4.78 is 71.9. The highest BCUT2D eigenvalue weighted by molar-refractivity contribution is 5.93. The molecule has 0 bridgehead atoms. The summed E-state index contributed by atoms with van der Waals surface area (Å²) >= 11 is 0. The van der Waals surface area contributed by atoms with Crippen molar-refractivity contribution in [2.75, 3.05) is 36.0 Å². The van der Waals surface area contributed by atoms with Gasteiger partial charge in [-0.15, -0.1) is 0 Å². The van der Waals surface area contributed by atoms with Crippen LogP contribution in [0.1, 0.15) is 29.2 Å². The van der Waals surface area contributed by atoms with Crippen LogP contribution >= 0.6 is 0 Å². The Bertz CT molecular complexity index is 1370. The fraction of sp³-hybridized carbons (Fsp3) is 0.318. The third-order valence-corrected chi connectivity index (χ3v) is 6.18. The lowest BCUT2D eigenvalue weighted by atomic mass is 10.1. The maximum absolute atomic E-state index is 15.0. The molecule has 0 spiro atoms. The van der Waals surface area contributed by atoms with Gasteiger partial charge >= 0.3 is 5.97 Å².